The summed E-state index contributed by atoms with van der Waals surface area (Å²) >= 11 is 0. The van der Waals surface area contributed by atoms with Gasteiger partial charge in [-0.1, -0.05) is 72.8 Å². The molecule has 0 saturated heterocycles. The van der Waals surface area contributed by atoms with Crippen molar-refractivity contribution in [3.8, 4) is 11.4 Å². The first-order chi connectivity index (χ1) is 16.4. The van der Waals surface area contributed by atoms with Crippen LogP contribution in [0.2, 0.25) is 0 Å². The van der Waals surface area contributed by atoms with Crippen molar-refractivity contribution < 1.29 is 0 Å². The second-order valence-electron chi connectivity index (χ2n) is 8.60. The molecule has 1 aliphatic heterocycles. The van der Waals surface area contributed by atoms with Crippen molar-refractivity contribution in [3.05, 3.63) is 120 Å². The van der Waals surface area contributed by atoms with E-state index in [9.17, 15) is 0 Å². The fourth-order valence-electron chi connectivity index (χ4n) is 5.13. The molecule has 0 aliphatic carbocycles. The number of hydrogen-bond donors (Lipinski definition) is 1. The molecular formula is C29H22N4. The van der Waals surface area contributed by atoms with Gasteiger partial charge in [0.15, 0.2) is 0 Å². The lowest BCUT2D eigenvalue weighted by Gasteiger charge is -2.30. The van der Waals surface area contributed by atoms with E-state index in [0.29, 0.717) is 0 Å². The summed E-state index contributed by atoms with van der Waals surface area (Å²) in [4.78, 5) is 5.04. The van der Waals surface area contributed by atoms with E-state index < -0.39 is 0 Å². The van der Waals surface area contributed by atoms with Gasteiger partial charge in [-0.15, -0.1) is 0 Å². The minimum atomic E-state index is -0.0516. The van der Waals surface area contributed by atoms with Crippen LogP contribution >= 0.6 is 0 Å². The van der Waals surface area contributed by atoms with Gasteiger partial charge in [0.25, 0.3) is 0 Å². The van der Waals surface area contributed by atoms with Gasteiger partial charge < -0.3 is 9.88 Å². The van der Waals surface area contributed by atoms with Crippen LogP contribution in [0.15, 0.2) is 109 Å². The lowest BCUT2D eigenvalue weighted by molar-refractivity contribution is 0.668. The molecule has 1 atom stereocenters. The number of para-hydroxylation sites is 4. The molecule has 0 bridgehead atoms. The largest absolute Gasteiger partial charge is 0.360 e. The molecule has 4 heteroatoms. The van der Waals surface area contributed by atoms with Crippen LogP contribution in [0.25, 0.3) is 33.3 Å². The Labute approximate surface area is 191 Å². The van der Waals surface area contributed by atoms with Crippen molar-refractivity contribution in [2.75, 3.05) is 5.32 Å². The van der Waals surface area contributed by atoms with E-state index in [4.69, 9.17) is 4.98 Å². The molecule has 0 saturated carbocycles. The number of anilines is 1. The summed E-state index contributed by atoms with van der Waals surface area (Å²) in [6.07, 6.45) is 2.26. The number of rotatable bonds is 3. The van der Waals surface area contributed by atoms with Crippen molar-refractivity contribution in [2.24, 2.45) is 0 Å². The quantitative estimate of drug-likeness (QED) is 0.343. The fourth-order valence-corrected chi connectivity index (χ4v) is 5.13. The molecule has 4 nitrogen and oxygen atoms in total. The minimum Gasteiger partial charge on any atom is -0.360 e. The van der Waals surface area contributed by atoms with Gasteiger partial charge in [0.1, 0.15) is 12.0 Å². The molecule has 1 N–H and O–H groups in total. The summed E-state index contributed by atoms with van der Waals surface area (Å²) in [5.41, 5.74) is 8.19. The molecule has 0 spiro atoms. The second-order valence-corrected chi connectivity index (χ2v) is 8.60. The van der Waals surface area contributed by atoms with Crippen LogP contribution in [-0.2, 0) is 6.54 Å². The molecule has 158 valence electrons. The molecule has 0 radical (unpaired) electrons. The van der Waals surface area contributed by atoms with E-state index in [1.807, 2.05) is 0 Å². The Morgan fingerprint density at radius 2 is 1.45 bits per heavy atom. The molecule has 33 heavy (non-hydrogen) atoms. The van der Waals surface area contributed by atoms with Crippen LogP contribution in [0.4, 0.5) is 5.69 Å². The van der Waals surface area contributed by atoms with Crippen molar-refractivity contribution >= 4 is 27.6 Å². The smallest absolute Gasteiger partial charge is 0.145 e. The van der Waals surface area contributed by atoms with Crippen LogP contribution < -0.4 is 5.32 Å². The first-order valence-corrected chi connectivity index (χ1v) is 11.3. The number of imidazole rings is 1. The van der Waals surface area contributed by atoms with Crippen LogP contribution in [0.1, 0.15) is 17.3 Å². The highest BCUT2D eigenvalue weighted by atomic mass is 15.2. The van der Waals surface area contributed by atoms with Gasteiger partial charge in [0.2, 0.25) is 0 Å². The normalized spacial score (nSPS) is 14.7. The lowest BCUT2D eigenvalue weighted by Crippen LogP contribution is -2.24. The third kappa shape index (κ3) is 2.81. The maximum atomic E-state index is 5.04. The summed E-state index contributed by atoms with van der Waals surface area (Å²) in [6, 6.07) is 36.2. The maximum Gasteiger partial charge on any atom is 0.145 e. The fraction of sp³-hybridized carbons (Fsp3) is 0.0690. The summed E-state index contributed by atoms with van der Waals surface area (Å²) < 4.78 is 4.72. The average Bonchev–Trinajstić information content (AvgIpc) is 3.44. The van der Waals surface area contributed by atoms with Gasteiger partial charge in [-0.25, -0.2) is 4.98 Å². The monoisotopic (exact) mass is 426 g/mol. The predicted molar refractivity (Wildman–Crippen MR) is 134 cm³/mol. The van der Waals surface area contributed by atoms with Gasteiger partial charge in [0.05, 0.1) is 11.0 Å². The highest BCUT2D eigenvalue weighted by Gasteiger charge is 2.30. The van der Waals surface area contributed by atoms with E-state index in [1.54, 1.807) is 0 Å². The number of hydrogen-bond acceptors (Lipinski definition) is 2. The Bertz CT molecular complexity index is 1620. The summed E-state index contributed by atoms with van der Waals surface area (Å²) in [5, 5.41) is 5.09. The number of nitrogens with one attached hydrogen (secondary N) is 1. The van der Waals surface area contributed by atoms with Crippen molar-refractivity contribution in [1.82, 2.24) is 14.1 Å². The number of aromatic nitrogens is 3. The van der Waals surface area contributed by atoms with E-state index >= 15 is 0 Å². The predicted octanol–water partition coefficient (Wildman–Crippen LogP) is 6.68. The Balaban J connectivity index is 1.47. The Hall–Kier alpha value is -4.31. The summed E-state index contributed by atoms with van der Waals surface area (Å²) in [6.45, 7) is 0.836. The van der Waals surface area contributed by atoms with E-state index in [2.05, 4.69) is 124 Å². The first kappa shape index (κ1) is 18.3. The van der Waals surface area contributed by atoms with Crippen LogP contribution in [0.5, 0.6) is 0 Å². The maximum absolute atomic E-state index is 5.04. The third-order valence-corrected chi connectivity index (χ3v) is 6.62. The molecule has 2 aromatic heterocycles. The van der Waals surface area contributed by atoms with Crippen LogP contribution in [-0.4, -0.2) is 14.1 Å². The molecule has 1 aliphatic rings. The number of nitrogens with zero attached hydrogens (tertiary/aromatic N) is 3. The molecule has 1 unspecified atom stereocenters. The van der Waals surface area contributed by atoms with Crippen LogP contribution in [0, 0.1) is 0 Å². The third-order valence-electron chi connectivity index (χ3n) is 6.62. The molecular weight excluding hydrogens is 404 g/mol. The summed E-state index contributed by atoms with van der Waals surface area (Å²) in [7, 11) is 0. The molecule has 3 heterocycles. The highest BCUT2D eigenvalue weighted by molar-refractivity contribution is 5.90. The first-order valence-electron chi connectivity index (χ1n) is 11.3. The Kier molecular flexibility index (Phi) is 3.94. The van der Waals surface area contributed by atoms with Crippen molar-refractivity contribution in [1.29, 1.82) is 0 Å². The van der Waals surface area contributed by atoms with Crippen molar-refractivity contribution in [2.45, 2.75) is 12.7 Å². The molecule has 7 rings (SSSR count). The molecule has 4 aromatic carbocycles. The highest BCUT2D eigenvalue weighted by Crippen LogP contribution is 2.42. The zero-order valence-electron chi connectivity index (χ0n) is 18.0. The van der Waals surface area contributed by atoms with Gasteiger partial charge >= 0.3 is 0 Å². The molecule has 6 aromatic rings. The second kappa shape index (κ2) is 7.10. The topological polar surface area (TPSA) is 34.8 Å². The SMILES string of the molecule is c1ccc(Cn2cc(C3Nc4ccccc4-c4nc5ccccc5n43)c3ccccc32)cc1. The van der Waals surface area contributed by atoms with Crippen molar-refractivity contribution in [3.63, 3.8) is 0 Å². The van der Waals surface area contributed by atoms with E-state index in [0.717, 1.165) is 34.7 Å². The Morgan fingerprint density at radius 1 is 0.727 bits per heavy atom. The summed E-state index contributed by atoms with van der Waals surface area (Å²) in [5.74, 6) is 1.01. The average molecular weight is 427 g/mol. The van der Waals surface area contributed by atoms with Gasteiger partial charge in [0, 0.05) is 40.5 Å². The van der Waals surface area contributed by atoms with Gasteiger partial charge in [-0.05, 0) is 35.9 Å². The molecule has 0 fully saturated rings. The van der Waals surface area contributed by atoms with E-state index in [-0.39, 0.29) is 6.17 Å². The molecule has 0 amide bonds. The zero-order chi connectivity index (χ0) is 21.8. The van der Waals surface area contributed by atoms with Gasteiger partial charge in [-0.3, -0.25) is 4.57 Å². The number of benzene rings is 4. The Morgan fingerprint density at radius 3 is 2.36 bits per heavy atom. The standard InChI is InChI=1S/C29H22N4/c1-2-10-20(11-3-1)18-32-19-23(21-12-5-8-16-26(21)32)29-30-24-14-6-4-13-22(24)28-31-25-15-7-9-17-27(25)33(28)29/h1-17,19,29-30H,18H2. The van der Waals surface area contributed by atoms with Gasteiger partial charge in [-0.2, -0.15) is 0 Å². The lowest BCUT2D eigenvalue weighted by atomic mass is 10.0. The number of fused-ring (bicyclic) bond motifs is 6. The van der Waals surface area contributed by atoms with Crippen LogP contribution in [0.3, 0.4) is 0 Å². The van der Waals surface area contributed by atoms with E-state index in [1.165, 1.54) is 22.0 Å². The zero-order valence-corrected chi connectivity index (χ0v) is 18.0. The minimum absolute atomic E-state index is 0.0516.